The van der Waals surface area contributed by atoms with Crippen LogP contribution < -0.4 is 4.90 Å². The molecule has 114 valence electrons. The molecule has 4 heteroatoms. The highest BCUT2D eigenvalue weighted by Crippen LogP contribution is 2.28. The first-order valence-corrected chi connectivity index (χ1v) is 8.24. The number of hydrogen-bond acceptors (Lipinski definition) is 2. The smallest absolute Gasteiger partial charge is 0.0817 e. The zero-order valence-electron chi connectivity index (χ0n) is 12.5. The Morgan fingerprint density at radius 2 is 1.82 bits per heavy atom. The molecule has 3 rings (SSSR count). The van der Waals surface area contributed by atoms with Crippen molar-refractivity contribution in [1.29, 1.82) is 0 Å². The molecular weight excluding hydrogens is 315 g/mol. The maximum atomic E-state index is 6.13. The number of anilines is 1. The van der Waals surface area contributed by atoms with Crippen molar-refractivity contribution in [3.05, 3.63) is 57.6 Å². The summed E-state index contributed by atoms with van der Waals surface area (Å²) >= 11 is 12.0. The van der Waals surface area contributed by atoms with Crippen molar-refractivity contribution >= 4 is 40.8 Å². The largest absolute Gasteiger partial charge is 0.371 e. The lowest BCUT2D eigenvalue weighted by Gasteiger charge is -2.20. The second kappa shape index (κ2) is 6.72. The van der Waals surface area contributed by atoms with Crippen LogP contribution in [0.15, 0.2) is 41.4 Å². The highest BCUT2D eigenvalue weighted by Gasteiger charge is 2.13. The van der Waals surface area contributed by atoms with Crippen LogP contribution in [0.5, 0.6) is 0 Å². The third-order valence-corrected chi connectivity index (χ3v) is 4.47. The van der Waals surface area contributed by atoms with Crippen molar-refractivity contribution in [2.75, 3.05) is 18.0 Å². The Hall–Kier alpha value is -1.51. The van der Waals surface area contributed by atoms with Gasteiger partial charge in [-0.05, 0) is 61.2 Å². The molecule has 2 aromatic rings. The molecule has 0 amide bonds. The number of rotatable bonds is 3. The van der Waals surface area contributed by atoms with E-state index in [2.05, 4.69) is 35.0 Å². The second-order valence-electron chi connectivity index (χ2n) is 5.59. The van der Waals surface area contributed by atoms with Gasteiger partial charge in [-0.2, -0.15) is 0 Å². The Morgan fingerprint density at radius 1 is 1.05 bits per heavy atom. The lowest BCUT2D eigenvalue weighted by Crippen LogP contribution is -2.18. The molecule has 0 spiro atoms. The molecule has 0 atom stereocenters. The third kappa shape index (κ3) is 3.45. The van der Waals surface area contributed by atoms with Crippen LogP contribution in [0.3, 0.4) is 0 Å². The number of nitrogens with zero attached hydrogens (tertiary/aromatic N) is 2. The molecule has 0 unspecified atom stereocenters. The third-order valence-electron chi connectivity index (χ3n) is 3.93. The lowest BCUT2D eigenvalue weighted by atomic mass is 10.1. The van der Waals surface area contributed by atoms with Crippen molar-refractivity contribution in [3.8, 4) is 0 Å². The van der Waals surface area contributed by atoms with Gasteiger partial charge in [0.1, 0.15) is 0 Å². The van der Waals surface area contributed by atoms with Crippen LogP contribution in [0, 0.1) is 6.92 Å². The average Bonchev–Trinajstić information content (AvgIpc) is 3.00. The fourth-order valence-corrected chi connectivity index (χ4v) is 3.26. The highest BCUT2D eigenvalue weighted by atomic mass is 35.5. The van der Waals surface area contributed by atoms with Gasteiger partial charge in [0.15, 0.2) is 0 Å². The van der Waals surface area contributed by atoms with E-state index >= 15 is 0 Å². The molecule has 0 bridgehead atoms. The molecule has 0 aliphatic carbocycles. The average molecular weight is 333 g/mol. The SMILES string of the molecule is Cc1cc(C=Nc2ccc(Cl)cc2Cl)ccc1N1CCCC1. The predicted octanol–water partition coefficient (Wildman–Crippen LogP) is 5.65. The summed E-state index contributed by atoms with van der Waals surface area (Å²) in [4.78, 5) is 6.91. The van der Waals surface area contributed by atoms with Crippen LogP contribution in [-0.4, -0.2) is 19.3 Å². The standard InChI is InChI=1S/C18H18Cl2N2/c1-13-10-14(4-7-18(13)22-8-2-3-9-22)12-21-17-6-5-15(19)11-16(17)20/h4-7,10-12H,2-3,8-9H2,1H3. The quantitative estimate of drug-likeness (QED) is 0.663. The van der Waals surface area contributed by atoms with Gasteiger partial charge in [0.05, 0.1) is 10.7 Å². The molecular formula is C18H18Cl2N2. The van der Waals surface area contributed by atoms with E-state index in [1.165, 1.54) is 24.1 Å². The topological polar surface area (TPSA) is 15.6 Å². The van der Waals surface area contributed by atoms with Crippen molar-refractivity contribution < 1.29 is 0 Å². The van der Waals surface area contributed by atoms with Crippen LogP contribution in [0.4, 0.5) is 11.4 Å². The van der Waals surface area contributed by atoms with Crippen molar-refractivity contribution in [2.24, 2.45) is 4.99 Å². The van der Waals surface area contributed by atoms with Crippen LogP contribution in [0.1, 0.15) is 24.0 Å². The lowest BCUT2D eigenvalue weighted by molar-refractivity contribution is 0.949. The zero-order valence-corrected chi connectivity index (χ0v) is 14.0. The Bertz CT molecular complexity index is 704. The molecule has 0 saturated carbocycles. The first-order chi connectivity index (χ1) is 10.6. The van der Waals surface area contributed by atoms with Gasteiger partial charge in [0, 0.05) is 30.0 Å². The monoisotopic (exact) mass is 332 g/mol. The van der Waals surface area contributed by atoms with Crippen LogP contribution in [0.25, 0.3) is 0 Å². The summed E-state index contributed by atoms with van der Waals surface area (Å²) < 4.78 is 0. The van der Waals surface area contributed by atoms with Crippen molar-refractivity contribution in [1.82, 2.24) is 0 Å². The van der Waals surface area contributed by atoms with Gasteiger partial charge in [-0.1, -0.05) is 29.3 Å². The Labute approximate surface area is 141 Å². The number of aliphatic imine (C=N–C) groups is 1. The van der Waals surface area contributed by atoms with Gasteiger partial charge in [0.25, 0.3) is 0 Å². The number of hydrogen-bond donors (Lipinski definition) is 0. The van der Waals surface area contributed by atoms with E-state index < -0.39 is 0 Å². The normalized spacial score (nSPS) is 15.0. The van der Waals surface area contributed by atoms with Gasteiger partial charge in [-0.3, -0.25) is 4.99 Å². The molecule has 2 nitrogen and oxygen atoms in total. The molecule has 22 heavy (non-hydrogen) atoms. The van der Waals surface area contributed by atoms with Gasteiger partial charge in [-0.25, -0.2) is 0 Å². The molecule has 0 aromatic heterocycles. The fourth-order valence-electron chi connectivity index (χ4n) is 2.80. The number of halogens is 2. The summed E-state index contributed by atoms with van der Waals surface area (Å²) in [5.74, 6) is 0. The fraction of sp³-hybridized carbons (Fsp3) is 0.278. The van der Waals surface area contributed by atoms with Gasteiger partial charge in [0.2, 0.25) is 0 Å². The molecule has 2 aromatic carbocycles. The van der Waals surface area contributed by atoms with E-state index in [9.17, 15) is 0 Å². The summed E-state index contributed by atoms with van der Waals surface area (Å²) in [7, 11) is 0. The molecule has 1 fully saturated rings. The maximum absolute atomic E-state index is 6.13. The van der Waals surface area contributed by atoms with Gasteiger partial charge in [-0.15, -0.1) is 0 Å². The van der Waals surface area contributed by atoms with E-state index in [1.54, 1.807) is 12.1 Å². The molecule has 1 aliphatic heterocycles. The second-order valence-corrected chi connectivity index (χ2v) is 6.44. The molecule has 1 saturated heterocycles. The van der Waals surface area contributed by atoms with Crippen LogP contribution in [-0.2, 0) is 0 Å². The molecule has 0 N–H and O–H groups in total. The van der Waals surface area contributed by atoms with Crippen LogP contribution in [0.2, 0.25) is 10.0 Å². The van der Waals surface area contributed by atoms with E-state index in [-0.39, 0.29) is 0 Å². The minimum absolute atomic E-state index is 0.564. The minimum Gasteiger partial charge on any atom is -0.371 e. The summed E-state index contributed by atoms with van der Waals surface area (Å²) in [6.07, 6.45) is 4.42. The van der Waals surface area contributed by atoms with E-state index in [4.69, 9.17) is 23.2 Å². The van der Waals surface area contributed by atoms with E-state index in [0.717, 1.165) is 24.3 Å². The summed E-state index contributed by atoms with van der Waals surface area (Å²) in [6, 6.07) is 11.8. The minimum atomic E-state index is 0.564. The molecule has 1 aliphatic rings. The summed E-state index contributed by atoms with van der Waals surface area (Å²) in [6.45, 7) is 4.48. The number of aryl methyl sites for hydroxylation is 1. The first kappa shape index (κ1) is 15.4. The molecule has 1 heterocycles. The first-order valence-electron chi connectivity index (χ1n) is 7.48. The van der Waals surface area contributed by atoms with Crippen molar-refractivity contribution in [2.45, 2.75) is 19.8 Å². The Morgan fingerprint density at radius 3 is 2.50 bits per heavy atom. The summed E-state index contributed by atoms with van der Waals surface area (Å²) in [5.41, 5.74) is 4.42. The van der Waals surface area contributed by atoms with Gasteiger partial charge < -0.3 is 4.90 Å². The van der Waals surface area contributed by atoms with Gasteiger partial charge >= 0.3 is 0 Å². The van der Waals surface area contributed by atoms with E-state index in [0.29, 0.717) is 10.0 Å². The number of benzene rings is 2. The zero-order chi connectivity index (χ0) is 15.5. The maximum Gasteiger partial charge on any atom is 0.0817 e. The Kier molecular flexibility index (Phi) is 4.70. The predicted molar refractivity (Wildman–Crippen MR) is 96.3 cm³/mol. The summed E-state index contributed by atoms with van der Waals surface area (Å²) in [5, 5.41) is 1.18. The Balaban J connectivity index is 1.80. The molecule has 0 radical (unpaired) electrons. The van der Waals surface area contributed by atoms with Crippen molar-refractivity contribution in [3.63, 3.8) is 0 Å². The highest BCUT2D eigenvalue weighted by molar-refractivity contribution is 6.36. The van der Waals surface area contributed by atoms with E-state index in [1.807, 2.05) is 12.3 Å². The van der Waals surface area contributed by atoms with Crippen LogP contribution >= 0.6 is 23.2 Å².